The molecule has 0 unspecified atom stereocenters. The Labute approximate surface area is 179 Å². The standard InChI is InChI=1S/C26H32N2O2/c1-24(2)20-13-14-26(23(24)15-20)16-25(19-7-5-4-6-8-19)17-27(18-28(25)30-26)21-9-11-22(29-3)12-10-21/h4-12,20,23H,13-18H2,1-3H3/t20-,23-,25+,26+/m0/s1. The van der Waals surface area contributed by atoms with Crippen LogP contribution in [0.1, 0.15) is 45.1 Å². The van der Waals surface area contributed by atoms with Gasteiger partial charge in [-0.3, -0.25) is 4.84 Å². The maximum atomic E-state index is 7.02. The maximum absolute atomic E-state index is 7.02. The van der Waals surface area contributed by atoms with E-state index in [0.29, 0.717) is 11.3 Å². The number of benzene rings is 2. The third kappa shape index (κ3) is 2.41. The van der Waals surface area contributed by atoms with Crippen molar-refractivity contribution in [3.63, 3.8) is 0 Å². The van der Waals surface area contributed by atoms with Crippen molar-refractivity contribution >= 4 is 5.69 Å². The van der Waals surface area contributed by atoms with E-state index in [1.165, 1.54) is 30.5 Å². The first-order valence-electron chi connectivity index (χ1n) is 11.4. The van der Waals surface area contributed by atoms with Gasteiger partial charge in [0.15, 0.2) is 0 Å². The van der Waals surface area contributed by atoms with Crippen LogP contribution in [0.2, 0.25) is 0 Å². The second kappa shape index (κ2) is 6.24. The molecule has 2 aromatic rings. The van der Waals surface area contributed by atoms with E-state index >= 15 is 0 Å². The highest BCUT2D eigenvalue weighted by Crippen LogP contribution is 2.68. The minimum atomic E-state index is -0.0836. The summed E-state index contributed by atoms with van der Waals surface area (Å²) in [6.45, 7) is 6.71. The van der Waals surface area contributed by atoms with E-state index < -0.39 is 0 Å². The first kappa shape index (κ1) is 18.7. The largest absolute Gasteiger partial charge is 0.497 e. The van der Waals surface area contributed by atoms with Crippen LogP contribution in [0, 0.1) is 17.3 Å². The van der Waals surface area contributed by atoms with Crippen LogP contribution >= 0.6 is 0 Å². The molecule has 2 saturated heterocycles. The monoisotopic (exact) mass is 404 g/mol. The molecule has 30 heavy (non-hydrogen) atoms. The van der Waals surface area contributed by atoms with Crippen molar-refractivity contribution in [3.05, 3.63) is 60.2 Å². The molecule has 3 aliphatic carbocycles. The minimum Gasteiger partial charge on any atom is -0.497 e. The molecule has 0 N–H and O–H groups in total. The molecule has 0 radical (unpaired) electrons. The van der Waals surface area contributed by atoms with Gasteiger partial charge in [0.05, 0.1) is 24.9 Å². The number of hydrogen-bond donors (Lipinski definition) is 0. The molecular weight excluding hydrogens is 372 g/mol. The Kier molecular flexibility index (Phi) is 3.89. The number of rotatable bonds is 3. The van der Waals surface area contributed by atoms with E-state index in [1.807, 2.05) is 0 Å². The van der Waals surface area contributed by atoms with Crippen LogP contribution < -0.4 is 9.64 Å². The molecule has 0 aromatic heterocycles. The van der Waals surface area contributed by atoms with Crippen LogP contribution in [0.5, 0.6) is 5.75 Å². The lowest BCUT2D eigenvalue weighted by Gasteiger charge is -2.63. The highest BCUT2D eigenvalue weighted by atomic mass is 16.7. The fourth-order valence-corrected chi connectivity index (χ4v) is 7.11. The summed E-state index contributed by atoms with van der Waals surface area (Å²) in [6.07, 6.45) is 4.95. The van der Waals surface area contributed by atoms with Gasteiger partial charge in [-0.25, -0.2) is 0 Å². The first-order valence-corrected chi connectivity index (χ1v) is 11.4. The summed E-state index contributed by atoms with van der Waals surface area (Å²) < 4.78 is 5.35. The molecule has 2 heterocycles. The van der Waals surface area contributed by atoms with E-state index in [-0.39, 0.29) is 11.1 Å². The fourth-order valence-electron chi connectivity index (χ4n) is 7.11. The smallest absolute Gasteiger partial charge is 0.119 e. The van der Waals surface area contributed by atoms with Crippen LogP contribution in [-0.4, -0.2) is 31.0 Å². The third-order valence-corrected chi connectivity index (χ3v) is 8.88. The maximum Gasteiger partial charge on any atom is 0.119 e. The first-order chi connectivity index (χ1) is 14.5. The Hall–Kier alpha value is -2.04. The normalized spacial score (nSPS) is 36.6. The van der Waals surface area contributed by atoms with Crippen molar-refractivity contribution in [1.29, 1.82) is 0 Å². The Morgan fingerprint density at radius 2 is 1.80 bits per heavy atom. The summed E-state index contributed by atoms with van der Waals surface area (Å²) in [5.41, 5.74) is 2.94. The molecule has 2 aliphatic heterocycles. The number of anilines is 1. The van der Waals surface area contributed by atoms with E-state index in [0.717, 1.165) is 31.3 Å². The van der Waals surface area contributed by atoms with Gasteiger partial charge in [0.2, 0.25) is 0 Å². The van der Waals surface area contributed by atoms with Crippen LogP contribution in [0.25, 0.3) is 0 Å². The Morgan fingerprint density at radius 3 is 2.47 bits per heavy atom. The molecule has 4 heteroatoms. The zero-order valence-electron chi connectivity index (χ0n) is 18.3. The van der Waals surface area contributed by atoms with Gasteiger partial charge >= 0.3 is 0 Å². The Morgan fingerprint density at radius 1 is 1.03 bits per heavy atom. The highest BCUT2D eigenvalue weighted by Gasteiger charge is 2.69. The van der Waals surface area contributed by atoms with Crippen LogP contribution in [0.4, 0.5) is 5.69 Å². The van der Waals surface area contributed by atoms with Crippen LogP contribution in [0.3, 0.4) is 0 Å². The SMILES string of the molecule is COc1ccc(N2CN3O[C@]4(CC[C@H]5C[C@H]4C5(C)C)C[C@]3(c3ccccc3)C2)cc1. The number of fused-ring (bicyclic) bond motifs is 2. The molecule has 2 aromatic carbocycles. The average molecular weight is 405 g/mol. The van der Waals surface area contributed by atoms with Gasteiger partial charge in [-0.2, -0.15) is 5.06 Å². The zero-order chi connectivity index (χ0) is 20.6. The van der Waals surface area contributed by atoms with E-state index in [4.69, 9.17) is 9.57 Å². The highest BCUT2D eigenvalue weighted by molar-refractivity contribution is 5.51. The minimum absolute atomic E-state index is 0.0000888. The number of hydrogen-bond acceptors (Lipinski definition) is 4. The number of ether oxygens (including phenoxy) is 1. The van der Waals surface area contributed by atoms with Crippen molar-refractivity contribution in [3.8, 4) is 5.75 Å². The zero-order valence-corrected chi connectivity index (χ0v) is 18.3. The molecule has 5 fully saturated rings. The van der Waals surface area contributed by atoms with Crippen molar-refractivity contribution in [2.24, 2.45) is 17.3 Å². The van der Waals surface area contributed by atoms with Gasteiger partial charge < -0.3 is 9.64 Å². The molecule has 7 rings (SSSR count). The molecule has 5 aliphatic rings. The molecule has 1 spiro atoms. The van der Waals surface area contributed by atoms with Gasteiger partial charge in [-0.05, 0) is 66.3 Å². The van der Waals surface area contributed by atoms with Gasteiger partial charge in [-0.1, -0.05) is 44.2 Å². The van der Waals surface area contributed by atoms with Crippen molar-refractivity contribution in [2.75, 3.05) is 25.2 Å². The summed E-state index contributed by atoms with van der Waals surface area (Å²) in [5, 5.41) is 2.33. The summed E-state index contributed by atoms with van der Waals surface area (Å²) in [5.74, 6) is 2.45. The lowest BCUT2D eigenvalue weighted by atomic mass is 9.43. The quantitative estimate of drug-likeness (QED) is 0.702. The van der Waals surface area contributed by atoms with Crippen molar-refractivity contribution < 1.29 is 9.57 Å². The van der Waals surface area contributed by atoms with E-state index in [1.54, 1.807) is 7.11 Å². The number of hydroxylamine groups is 2. The second-order valence-corrected chi connectivity index (χ2v) is 10.5. The fraction of sp³-hybridized carbons (Fsp3) is 0.538. The van der Waals surface area contributed by atoms with Crippen molar-refractivity contribution in [2.45, 2.75) is 50.7 Å². The van der Waals surface area contributed by atoms with E-state index in [9.17, 15) is 0 Å². The van der Waals surface area contributed by atoms with Gasteiger partial charge in [0, 0.05) is 18.7 Å². The molecule has 3 saturated carbocycles. The second-order valence-electron chi connectivity index (χ2n) is 10.5. The molecule has 0 amide bonds. The van der Waals surface area contributed by atoms with Crippen LogP contribution in [0.15, 0.2) is 54.6 Å². The molecule has 2 bridgehead atoms. The molecular formula is C26H32N2O2. The lowest BCUT2D eigenvalue weighted by molar-refractivity contribution is -0.285. The Balaban J connectivity index is 1.36. The van der Waals surface area contributed by atoms with Gasteiger partial charge in [-0.15, -0.1) is 0 Å². The number of methoxy groups -OCH3 is 1. The summed E-state index contributed by atoms with van der Waals surface area (Å²) >= 11 is 0. The van der Waals surface area contributed by atoms with Crippen molar-refractivity contribution in [1.82, 2.24) is 5.06 Å². The van der Waals surface area contributed by atoms with Gasteiger partial charge in [0.1, 0.15) is 5.75 Å². The van der Waals surface area contributed by atoms with Crippen LogP contribution in [-0.2, 0) is 10.4 Å². The average Bonchev–Trinajstić information content (AvgIpc) is 3.26. The van der Waals surface area contributed by atoms with E-state index in [2.05, 4.69) is 78.4 Å². The predicted octanol–water partition coefficient (Wildman–Crippen LogP) is 5.20. The molecule has 4 atom stereocenters. The summed E-state index contributed by atoms with van der Waals surface area (Å²) in [6, 6.07) is 19.5. The third-order valence-electron chi connectivity index (χ3n) is 8.88. The molecule has 4 nitrogen and oxygen atoms in total. The Bertz CT molecular complexity index is 941. The lowest BCUT2D eigenvalue weighted by Crippen LogP contribution is -2.62. The number of nitrogens with zero attached hydrogens (tertiary/aromatic N) is 2. The summed E-state index contributed by atoms with van der Waals surface area (Å²) in [7, 11) is 1.72. The van der Waals surface area contributed by atoms with Gasteiger partial charge in [0.25, 0.3) is 0 Å². The summed E-state index contributed by atoms with van der Waals surface area (Å²) in [4.78, 5) is 9.48. The topological polar surface area (TPSA) is 24.9 Å². The predicted molar refractivity (Wildman–Crippen MR) is 118 cm³/mol. The molecule has 158 valence electrons.